The molecule has 382 valence electrons. The first-order valence-corrected chi connectivity index (χ1v) is 31.7. The molecule has 2 heterocycles. The van der Waals surface area contributed by atoms with Crippen molar-refractivity contribution in [1.82, 2.24) is 19.5 Å². The number of rotatable bonds is 13. The standard InChI is InChI=1S/C75H54N4Si2/c1-8-26-55(27-9-1)57-44-48-65(49-45-57)80(61-32-14-4-15-33-61,62-34-16-5-17-35-62)67-52-60(74-76-73(59-30-12-3-13-31-59)77-75(78-74)79-71-42-24-22-40-69(71)70-41-23-25-43-72(70)79)53-68(54-67)81(63-36-18-6-19-37-63,64-38-20-7-21-39-64)66-50-46-58(47-51-66)56-28-10-2-11-29-56/h1-54H. The molecule has 0 fully saturated rings. The van der Waals surface area contributed by atoms with E-state index in [-0.39, 0.29) is 0 Å². The van der Waals surface area contributed by atoms with Gasteiger partial charge in [0.15, 0.2) is 27.8 Å². The van der Waals surface area contributed by atoms with Gasteiger partial charge in [-0.05, 0) is 75.9 Å². The van der Waals surface area contributed by atoms with E-state index in [0.29, 0.717) is 17.6 Å². The van der Waals surface area contributed by atoms with E-state index in [1.54, 1.807) is 0 Å². The zero-order chi connectivity index (χ0) is 54.0. The van der Waals surface area contributed by atoms with E-state index < -0.39 is 16.1 Å². The third kappa shape index (κ3) is 8.75. The summed E-state index contributed by atoms with van der Waals surface area (Å²) in [6.07, 6.45) is 0. The van der Waals surface area contributed by atoms with Crippen LogP contribution in [0.5, 0.6) is 0 Å². The van der Waals surface area contributed by atoms with Crippen molar-refractivity contribution in [2.45, 2.75) is 0 Å². The molecule has 14 aromatic rings. The van der Waals surface area contributed by atoms with Gasteiger partial charge in [-0.3, -0.25) is 4.57 Å². The molecule has 0 radical (unpaired) electrons. The van der Waals surface area contributed by atoms with Crippen molar-refractivity contribution in [2.75, 3.05) is 0 Å². The highest BCUT2D eigenvalue weighted by Gasteiger charge is 2.46. The van der Waals surface area contributed by atoms with E-state index in [1.165, 1.54) is 63.7 Å². The molecular formula is C75H54N4Si2. The fourth-order valence-corrected chi connectivity index (χ4v) is 22.2. The molecular weight excluding hydrogens is 1010 g/mol. The Morgan fingerprint density at radius 1 is 0.210 bits per heavy atom. The first-order chi connectivity index (χ1) is 40.2. The van der Waals surface area contributed by atoms with E-state index in [9.17, 15) is 0 Å². The highest BCUT2D eigenvalue weighted by Crippen LogP contribution is 2.33. The second-order valence-electron chi connectivity index (χ2n) is 20.7. The summed E-state index contributed by atoms with van der Waals surface area (Å²) in [4.78, 5) is 16.8. The highest BCUT2D eigenvalue weighted by atomic mass is 28.3. The average Bonchev–Trinajstić information content (AvgIpc) is 3.91. The second kappa shape index (κ2) is 21.3. The van der Waals surface area contributed by atoms with Crippen LogP contribution >= 0.6 is 0 Å². The van der Waals surface area contributed by atoms with Gasteiger partial charge in [0.1, 0.15) is 0 Å². The predicted molar refractivity (Wildman–Crippen MR) is 343 cm³/mol. The fourth-order valence-electron chi connectivity index (χ4n) is 12.5. The Balaban J connectivity index is 1.14. The number of aromatic nitrogens is 4. The summed E-state index contributed by atoms with van der Waals surface area (Å²) >= 11 is 0. The zero-order valence-corrected chi connectivity index (χ0v) is 46.5. The molecule has 0 aliphatic heterocycles. The van der Waals surface area contributed by atoms with Gasteiger partial charge in [0, 0.05) is 21.9 Å². The van der Waals surface area contributed by atoms with Crippen LogP contribution in [-0.4, -0.2) is 35.7 Å². The van der Waals surface area contributed by atoms with E-state index in [4.69, 9.17) is 15.0 Å². The third-order valence-corrected chi connectivity index (χ3v) is 25.7. The van der Waals surface area contributed by atoms with Crippen molar-refractivity contribution < 1.29 is 0 Å². The largest absolute Gasteiger partial charge is 0.278 e. The van der Waals surface area contributed by atoms with E-state index in [2.05, 4.69) is 326 Å². The molecule has 0 atom stereocenters. The minimum absolute atomic E-state index is 0.556. The molecule has 0 saturated carbocycles. The molecule has 0 unspecified atom stereocenters. The Labute approximate surface area is 474 Å². The second-order valence-corrected chi connectivity index (χ2v) is 28.3. The number of nitrogens with zero attached hydrogens (tertiary/aromatic N) is 4. The Kier molecular flexibility index (Phi) is 12.9. The van der Waals surface area contributed by atoms with E-state index in [1.807, 2.05) is 6.07 Å². The molecule has 0 amide bonds. The lowest BCUT2D eigenvalue weighted by Crippen LogP contribution is -2.78. The van der Waals surface area contributed by atoms with Gasteiger partial charge in [-0.25, -0.2) is 4.98 Å². The number of benzene rings is 12. The van der Waals surface area contributed by atoms with Crippen LogP contribution in [0.15, 0.2) is 328 Å². The lowest BCUT2D eigenvalue weighted by molar-refractivity contribution is 0.953. The van der Waals surface area contributed by atoms with Crippen LogP contribution in [0, 0.1) is 0 Å². The minimum Gasteiger partial charge on any atom is -0.278 e. The summed E-state index contributed by atoms with van der Waals surface area (Å²) in [6.45, 7) is 0. The molecule has 6 heteroatoms. The summed E-state index contributed by atoms with van der Waals surface area (Å²) in [5.74, 6) is 1.75. The van der Waals surface area contributed by atoms with Crippen LogP contribution in [-0.2, 0) is 0 Å². The van der Waals surface area contributed by atoms with Crippen molar-refractivity contribution in [1.29, 1.82) is 0 Å². The molecule has 2 aromatic heterocycles. The van der Waals surface area contributed by atoms with Gasteiger partial charge < -0.3 is 0 Å². The van der Waals surface area contributed by atoms with Crippen LogP contribution in [0.25, 0.3) is 72.8 Å². The predicted octanol–water partition coefficient (Wildman–Crippen LogP) is 12.4. The van der Waals surface area contributed by atoms with Crippen LogP contribution in [0.2, 0.25) is 0 Å². The van der Waals surface area contributed by atoms with Gasteiger partial charge in [-0.2, -0.15) is 9.97 Å². The van der Waals surface area contributed by atoms with Gasteiger partial charge >= 0.3 is 0 Å². The Morgan fingerprint density at radius 2 is 0.494 bits per heavy atom. The third-order valence-electron chi connectivity index (χ3n) is 16.2. The molecule has 0 saturated heterocycles. The monoisotopic (exact) mass is 1070 g/mol. The zero-order valence-electron chi connectivity index (χ0n) is 44.5. The van der Waals surface area contributed by atoms with Crippen molar-refractivity contribution in [3.63, 3.8) is 0 Å². The summed E-state index contributed by atoms with van der Waals surface area (Å²) in [5, 5.41) is 12.4. The molecule has 0 bridgehead atoms. The van der Waals surface area contributed by atoms with Crippen molar-refractivity contribution in [3.8, 4) is 51.0 Å². The number of para-hydroxylation sites is 2. The number of hydrogen-bond acceptors (Lipinski definition) is 3. The topological polar surface area (TPSA) is 43.6 Å². The van der Waals surface area contributed by atoms with Crippen LogP contribution in [0.4, 0.5) is 0 Å². The van der Waals surface area contributed by atoms with Crippen molar-refractivity contribution >= 4 is 79.4 Å². The maximum atomic E-state index is 5.72. The minimum atomic E-state index is -3.33. The maximum Gasteiger partial charge on any atom is 0.238 e. The summed E-state index contributed by atoms with van der Waals surface area (Å²) in [5.41, 5.74) is 8.60. The smallest absolute Gasteiger partial charge is 0.238 e. The van der Waals surface area contributed by atoms with E-state index in [0.717, 1.165) is 32.9 Å². The Bertz CT molecular complexity index is 4150. The summed E-state index contributed by atoms with van der Waals surface area (Å²) in [7, 11) is -6.65. The molecule has 0 N–H and O–H groups in total. The summed E-state index contributed by atoms with van der Waals surface area (Å²) < 4.78 is 2.22. The molecule has 0 aliphatic carbocycles. The van der Waals surface area contributed by atoms with Gasteiger partial charge in [-0.1, -0.05) is 315 Å². The normalized spacial score (nSPS) is 11.7. The quantitative estimate of drug-likeness (QED) is 0.0854. The average molecular weight is 1070 g/mol. The SMILES string of the molecule is c1ccc(-c2ccc([Si](c3ccccc3)(c3ccccc3)c3cc(-c4nc(-c5ccccc5)nc(-n5c6ccccc6c6ccccc65)n4)cc([Si](c4ccccc4)(c4ccccc4)c4ccc(-c5ccccc5)cc4)c3)cc2)cc1. The van der Waals surface area contributed by atoms with Crippen molar-refractivity contribution in [3.05, 3.63) is 328 Å². The number of hydrogen-bond donors (Lipinski definition) is 0. The van der Waals surface area contributed by atoms with Gasteiger partial charge in [0.2, 0.25) is 5.95 Å². The van der Waals surface area contributed by atoms with Gasteiger partial charge in [0.25, 0.3) is 0 Å². The van der Waals surface area contributed by atoms with E-state index >= 15 is 0 Å². The molecule has 4 nitrogen and oxygen atoms in total. The first kappa shape index (κ1) is 49.2. The number of fused-ring (bicyclic) bond motifs is 3. The lowest BCUT2D eigenvalue weighted by atomic mass is 10.1. The Hall–Kier alpha value is -10.1. The lowest BCUT2D eigenvalue weighted by Gasteiger charge is -2.38. The van der Waals surface area contributed by atoms with Crippen LogP contribution in [0.1, 0.15) is 0 Å². The molecule has 14 rings (SSSR count). The first-order valence-electron chi connectivity index (χ1n) is 27.7. The molecule has 12 aromatic carbocycles. The van der Waals surface area contributed by atoms with Crippen LogP contribution in [0.3, 0.4) is 0 Å². The van der Waals surface area contributed by atoms with Gasteiger partial charge in [-0.15, -0.1) is 0 Å². The Morgan fingerprint density at radius 3 is 0.864 bits per heavy atom. The van der Waals surface area contributed by atoms with Crippen molar-refractivity contribution in [2.24, 2.45) is 0 Å². The summed E-state index contributed by atoms with van der Waals surface area (Å²) in [6, 6.07) is 120. The maximum absolute atomic E-state index is 5.72. The molecule has 81 heavy (non-hydrogen) atoms. The molecule has 0 aliphatic rings. The fraction of sp³-hybridized carbons (Fsp3) is 0. The highest BCUT2D eigenvalue weighted by molar-refractivity contribution is 7.22. The molecule has 0 spiro atoms. The van der Waals surface area contributed by atoms with Gasteiger partial charge in [0.05, 0.1) is 11.0 Å². The van der Waals surface area contributed by atoms with Crippen LogP contribution < -0.4 is 41.5 Å².